The molecule has 0 fully saturated rings. The van der Waals surface area contributed by atoms with E-state index in [1.54, 1.807) is 0 Å². The Bertz CT molecular complexity index is 189. The molecular weight excluding hydrogens is 246 g/mol. The highest BCUT2D eigenvalue weighted by atomic mass is 32.2. The van der Waals surface area contributed by atoms with Crippen molar-refractivity contribution in [2.45, 2.75) is 64.7 Å². The lowest BCUT2D eigenvalue weighted by Gasteiger charge is -2.02. The summed E-state index contributed by atoms with van der Waals surface area (Å²) < 4.78 is 28.5. The highest BCUT2D eigenvalue weighted by molar-refractivity contribution is 7.95. The van der Waals surface area contributed by atoms with Crippen LogP contribution in [0.4, 0.5) is 8.78 Å². The van der Waals surface area contributed by atoms with E-state index in [1.165, 1.54) is 0 Å². The average Bonchev–Trinajstić information content (AvgIpc) is 2.28. The molecule has 0 aromatic carbocycles. The van der Waals surface area contributed by atoms with Crippen molar-refractivity contribution in [1.82, 2.24) is 0 Å². The summed E-state index contributed by atoms with van der Waals surface area (Å²) >= 11 is 1.14. The van der Waals surface area contributed by atoms with E-state index < -0.39 is 6.43 Å². The molecule has 0 atom stereocenters. The van der Waals surface area contributed by atoms with Crippen LogP contribution in [0.25, 0.3) is 0 Å². The Kier molecular flexibility index (Phi) is 11.9. The van der Waals surface area contributed by atoms with Gasteiger partial charge in [-0.2, -0.15) is 0 Å². The molecule has 0 rings (SSSR count). The zero-order valence-electron chi connectivity index (χ0n) is 10.4. The molecule has 2 nitrogen and oxygen atoms in total. The molecule has 0 aliphatic carbocycles. The molecule has 0 bridgehead atoms. The lowest BCUT2D eigenvalue weighted by Crippen LogP contribution is -1.99. The van der Waals surface area contributed by atoms with Crippen molar-refractivity contribution in [3.05, 3.63) is 0 Å². The van der Waals surface area contributed by atoms with Crippen molar-refractivity contribution in [3.8, 4) is 0 Å². The minimum atomic E-state index is -2.20. The lowest BCUT2D eigenvalue weighted by atomic mass is 10.2. The molecule has 0 aromatic heterocycles. The summed E-state index contributed by atoms with van der Waals surface area (Å²) in [6, 6.07) is 0. The number of carbonyl (C=O) groups is 1. The number of carbonyl (C=O) groups excluding carboxylic acids is 1. The molecule has 0 saturated heterocycles. The van der Waals surface area contributed by atoms with Gasteiger partial charge in [-0.05, 0) is 19.3 Å². The van der Waals surface area contributed by atoms with Gasteiger partial charge in [-0.25, -0.2) is 8.78 Å². The van der Waals surface area contributed by atoms with E-state index in [4.69, 9.17) is 4.18 Å². The average molecular weight is 268 g/mol. The van der Waals surface area contributed by atoms with Gasteiger partial charge in [0.1, 0.15) is 0 Å². The van der Waals surface area contributed by atoms with E-state index >= 15 is 0 Å². The molecular formula is C12H22F2O2S. The standard InChI is InChI=1S/C12H22F2O2S/c1-2-3-5-9-12(15)16-17-10-7-4-6-8-11(13)14/h11H,2-10H2,1H3. The van der Waals surface area contributed by atoms with E-state index in [-0.39, 0.29) is 12.4 Å². The monoisotopic (exact) mass is 268 g/mol. The molecule has 0 saturated carbocycles. The molecule has 102 valence electrons. The second kappa shape index (κ2) is 12.1. The molecule has 0 radical (unpaired) electrons. The van der Waals surface area contributed by atoms with Gasteiger partial charge in [-0.15, -0.1) is 0 Å². The Balaban J connectivity index is 3.14. The number of unbranched alkanes of at least 4 members (excludes halogenated alkanes) is 4. The smallest absolute Gasteiger partial charge is 0.317 e. The van der Waals surface area contributed by atoms with Crippen LogP contribution in [0.1, 0.15) is 58.3 Å². The van der Waals surface area contributed by atoms with Gasteiger partial charge in [0.15, 0.2) is 0 Å². The van der Waals surface area contributed by atoms with Gasteiger partial charge < -0.3 is 4.18 Å². The van der Waals surface area contributed by atoms with Crippen LogP contribution in [0, 0.1) is 0 Å². The lowest BCUT2D eigenvalue weighted by molar-refractivity contribution is -0.133. The predicted octanol–water partition coefficient (Wildman–Crippen LogP) is 4.58. The van der Waals surface area contributed by atoms with Crippen molar-refractivity contribution in [1.29, 1.82) is 0 Å². The van der Waals surface area contributed by atoms with Crippen molar-refractivity contribution >= 4 is 18.0 Å². The van der Waals surface area contributed by atoms with Gasteiger partial charge in [-0.1, -0.05) is 26.2 Å². The summed E-state index contributed by atoms with van der Waals surface area (Å²) in [7, 11) is 0. The minimum absolute atomic E-state index is 0.0263. The first-order valence-electron chi connectivity index (χ1n) is 6.27. The van der Waals surface area contributed by atoms with Crippen LogP contribution < -0.4 is 0 Å². The van der Waals surface area contributed by atoms with E-state index in [0.717, 1.165) is 44.1 Å². The Labute approximate surface area is 107 Å². The maximum Gasteiger partial charge on any atom is 0.317 e. The number of hydrogen-bond donors (Lipinski definition) is 0. The van der Waals surface area contributed by atoms with Crippen LogP contribution >= 0.6 is 12.0 Å². The van der Waals surface area contributed by atoms with Crippen LogP contribution in [-0.2, 0) is 8.98 Å². The van der Waals surface area contributed by atoms with Gasteiger partial charge in [-0.3, -0.25) is 4.79 Å². The highest BCUT2D eigenvalue weighted by Crippen LogP contribution is 2.13. The topological polar surface area (TPSA) is 26.3 Å². The molecule has 5 heteroatoms. The van der Waals surface area contributed by atoms with Crippen molar-refractivity contribution in [3.63, 3.8) is 0 Å². The van der Waals surface area contributed by atoms with Gasteiger partial charge in [0, 0.05) is 18.6 Å². The predicted molar refractivity (Wildman–Crippen MR) is 67.2 cm³/mol. The maximum absolute atomic E-state index is 11.8. The van der Waals surface area contributed by atoms with Gasteiger partial charge in [0.2, 0.25) is 6.43 Å². The van der Waals surface area contributed by atoms with Crippen molar-refractivity contribution in [2.24, 2.45) is 0 Å². The molecule has 0 aliphatic heterocycles. The van der Waals surface area contributed by atoms with E-state index in [0.29, 0.717) is 18.6 Å². The molecule has 0 spiro atoms. The zero-order chi connectivity index (χ0) is 12.9. The normalized spacial score (nSPS) is 10.8. The first-order valence-corrected chi connectivity index (χ1v) is 7.18. The van der Waals surface area contributed by atoms with Gasteiger partial charge >= 0.3 is 5.97 Å². The second-order valence-electron chi connectivity index (χ2n) is 3.97. The number of alkyl halides is 2. The fourth-order valence-electron chi connectivity index (χ4n) is 1.30. The van der Waals surface area contributed by atoms with E-state index in [1.807, 2.05) is 0 Å². The molecule has 0 heterocycles. The van der Waals surface area contributed by atoms with Crippen LogP contribution in [0.15, 0.2) is 0 Å². The molecule has 0 aliphatic rings. The maximum atomic E-state index is 11.8. The summed E-state index contributed by atoms with van der Waals surface area (Å²) in [5, 5.41) is 0. The summed E-state index contributed by atoms with van der Waals surface area (Å²) in [5.74, 6) is 0.527. The Morgan fingerprint density at radius 2 is 1.94 bits per heavy atom. The van der Waals surface area contributed by atoms with Gasteiger partial charge in [0.05, 0.1) is 12.0 Å². The van der Waals surface area contributed by atoms with Crippen LogP contribution in [0.3, 0.4) is 0 Å². The van der Waals surface area contributed by atoms with Crippen molar-refractivity contribution in [2.75, 3.05) is 5.75 Å². The Morgan fingerprint density at radius 1 is 1.18 bits per heavy atom. The fraction of sp³-hybridized carbons (Fsp3) is 0.917. The first-order chi connectivity index (χ1) is 8.16. The number of rotatable bonds is 11. The zero-order valence-corrected chi connectivity index (χ0v) is 11.2. The minimum Gasteiger partial charge on any atom is -0.391 e. The van der Waals surface area contributed by atoms with E-state index in [2.05, 4.69) is 6.92 Å². The quantitative estimate of drug-likeness (QED) is 0.405. The fourth-order valence-corrected chi connectivity index (χ4v) is 1.92. The second-order valence-corrected chi connectivity index (χ2v) is 4.79. The third-order valence-corrected chi connectivity index (χ3v) is 3.05. The number of hydrogen-bond acceptors (Lipinski definition) is 3. The summed E-state index contributed by atoms with van der Waals surface area (Å²) in [6.45, 7) is 2.08. The molecule has 0 N–H and O–H groups in total. The molecule has 17 heavy (non-hydrogen) atoms. The van der Waals surface area contributed by atoms with Crippen LogP contribution in [-0.4, -0.2) is 18.1 Å². The SMILES string of the molecule is CCCCCC(=O)OSCCCCCC(F)F. The summed E-state index contributed by atoms with van der Waals surface area (Å²) in [6.07, 6.45) is 3.40. The van der Waals surface area contributed by atoms with Crippen LogP contribution in [0.2, 0.25) is 0 Å². The Hall–Kier alpha value is -0.320. The number of halogens is 2. The summed E-state index contributed by atoms with van der Waals surface area (Å²) in [5.41, 5.74) is 0. The highest BCUT2D eigenvalue weighted by Gasteiger charge is 2.04. The Morgan fingerprint density at radius 3 is 2.59 bits per heavy atom. The van der Waals surface area contributed by atoms with Gasteiger partial charge in [0.25, 0.3) is 0 Å². The molecule has 0 unspecified atom stereocenters. The van der Waals surface area contributed by atoms with Crippen LogP contribution in [0.5, 0.6) is 0 Å². The first kappa shape index (κ1) is 16.7. The third kappa shape index (κ3) is 13.6. The third-order valence-electron chi connectivity index (χ3n) is 2.29. The van der Waals surface area contributed by atoms with Crippen molar-refractivity contribution < 1.29 is 17.8 Å². The van der Waals surface area contributed by atoms with E-state index in [9.17, 15) is 13.6 Å². The largest absolute Gasteiger partial charge is 0.391 e. The summed E-state index contributed by atoms with van der Waals surface area (Å²) in [4.78, 5) is 11.2. The molecule has 0 aromatic rings. The molecule has 0 amide bonds.